The number of azo groups is 1. The molecular formula is C36H50N8O15S3. The number of aromatic nitrogens is 1. The first kappa shape index (κ1) is 53.4. The van der Waals surface area contributed by atoms with Gasteiger partial charge in [-0.05, 0) is 67.1 Å². The minimum atomic E-state index is -4.47. The van der Waals surface area contributed by atoms with Crippen LogP contribution in [0.2, 0.25) is 0 Å². The number of benzene rings is 3. The van der Waals surface area contributed by atoms with Gasteiger partial charge < -0.3 is 51.7 Å². The Kier molecular flexibility index (Phi) is 23.5. The number of nitrogens with zero attached hydrogens (tertiary/aromatic N) is 5. The van der Waals surface area contributed by atoms with Gasteiger partial charge in [-0.2, -0.15) is 37.2 Å². The third-order valence-corrected chi connectivity index (χ3v) is 10.8. The largest absolute Gasteiger partial charge is 0.477 e. The number of amides is 1. The first-order chi connectivity index (χ1) is 29.5. The van der Waals surface area contributed by atoms with Crippen molar-refractivity contribution in [3.63, 3.8) is 0 Å². The van der Waals surface area contributed by atoms with Crippen LogP contribution in [0.25, 0.3) is 20.8 Å². The number of aliphatic hydroxyl groups is 6. The van der Waals surface area contributed by atoms with E-state index in [1.165, 1.54) is 24.3 Å². The van der Waals surface area contributed by atoms with Crippen molar-refractivity contribution in [1.82, 2.24) is 20.9 Å². The minimum absolute atomic E-state index is 0.0476. The number of nitrogens with one attached hydrogen (secondary N) is 3. The van der Waals surface area contributed by atoms with Crippen molar-refractivity contribution >= 4 is 70.8 Å². The molecule has 23 nitrogen and oxygen atoms in total. The Labute approximate surface area is 360 Å². The van der Waals surface area contributed by atoms with E-state index in [1.54, 1.807) is 31.2 Å². The van der Waals surface area contributed by atoms with E-state index < -0.39 is 48.8 Å². The lowest BCUT2D eigenvalue weighted by atomic mass is 10.2. The van der Waals surface area contributed by atoms with Crippen LogP contribution in [0.5, 0.6) is 0 Å². The highest BCUT2D eigenvalue weighted by atomic mass is 32.2. The second kappa shape index (κ2) is 27.3. The van der Waals surface area contributed by atoms with Crippen LogP contribution in [0, 0.1) is 6.92 Å². The lowest BCUT2D eigenvalue weighted by Crippen LogP contribution is -2.33. The number of anilines is 1. The fourth-order valence-electron chi connectivity index (χ4n) is 4.81. The molecule has 4 aromatic rings. The maximum absolute atomic E-state index is 12.9. The monoisotopic (exact) mass is 930 g/mol. The zero-order chi connectivity index (χ0) is 46.3. The molecule has 342 valence electrons. The summed E-state index contributed by atoms with van der Waals surface area (Å²) in [7, 11) is -8.94. The maximum Gasteiger partial charge on any atom is 0.355 e. The van der Waals surface area contributed by atoms with E-state index in [1.807, 2.05) is 0 Å². The summed E-state index contributed by atoms with van der Waals surface area (Å²) < 4.78 is 65.4. The summed E-state index contributed by atoms with van der Waals surface area (Å²) in [5.41, 5.74) is 1.08. The fraction of sp³-hybridized carbons (Fsp3) is 0.389. The zero-order valence-corrected chi connectivity index (χ0v) is 35.7. The van der Waals surface area contributed by atoms with Crippen molar-refractivity contribution in [2.45, 2.75) is 22.8 Å². The van der Waals surface area contributed by atoms with Gasteiger partial charge in [-0.15, -0.1) is 11.3 Å². The first-order valence-corrected chi connectivity index (χ1v) is 22.1. The van der Waals surface area contributed by atoms with Gasteiger partial charge in [0.1, 0.15) is 9.90 Å². The van der Waals surface area contributed by atoms with E-state index in [-0.39, 0.29) is 55.9 Å². The Morgan fingerprint density at radius 2 is 1.21 bits per heavy atom. The highest BCUT2D eigenvalue weighted by Crippen LogP contribution is 2.36. The summed E-state index contributed by atoms with van der Waals surface area (Å²) in [4.78, 5) is 28.5. The number of hydrogen-bond acceptors (Lipinski definition) is 20. The summed E-state index contributed by atoms with van der Waals surface area (Å²) in [6.45, 7) is 5.82. The predicted octanol–water partition coefficient (Wildman–Crippen LogP) is -0.613. The Morgan fingerprint density at radius 3 is 1.63 bits per heavy atom. The molecular weight excluding hydrogens is 881 g/mol. The van der Waals surface area contributed by atoms with E-state index in [4.69, 9.17) is 35.2 Å². The molecule has 0 spiro atoms. The zero-order valence-electron chi connectivity index (χ0n) is 33.3. The third kappa shape index (κ3) is 17.2. The topological polar surface area (TPSA) is 374 Å². The number of rotatable bonds is 19. The summed E-state index contributed by atoms with van der Waals surface area (Å²) >= 11 is 1.08. The molecule has 5 rings (SSSR count). The number of carbonyl (C=O) groups is 2. The molecule has 62 heavy (non-hydrogen) atoms. The summed E-state index contributed by atoms with van der Waals surface area (Å²) in [5, 5.41) is 79.7. The number of hydrazone groups is 1. The molecule has 12 N–H and O–H groups in total. The van der Waals surface area contributed by atoms with E-state index in [0.29, 0.717) is 65.6 Å². The van der Waals surface area contributed by atoms with Crippen LogP contribution in [-0.4, -0.2) is 169 Å². The molecule has 0 aliphatic carbocycles. The predicted molar refractivity (Wildman–Crippen MR) is 228 cm³/mol. The van der Waals surface area contributed by atoms with Gasteiger partial charge in [0, 0.05) is 44.8 Å². The van der Waals surface area contributed by atoms with E-state index in [2.05, 4.69) is 36.3 Å². The molecule has 0 radical (unpaired) electrons. The Balaban J connectivity index is 0.000000519. The molecule has 1 aliphatic rings. The SMILES string of the molecule is Cc1ccc2nc(-c3ccc(N=NC4C(=O)N(c5ccc(S(=O)(=O)O)cc5)N=C4C(=O)O)cc3)sc2c1S(=O)(=O)O.OCCNCCO.OCCNCCO.OCCNCCO. The van der Waals surface area contributed by atoms with E-state index >= 15 is 0 Å². The molecule has 1 aliphatic heterocycles. The molecule has 1 atom stereocenters. The van der Waals surface area contributed by atoms with Crippen molar-refractivity contribution in [1.29, 1.82) is 0 Å². The van der Waals surface area contributed by atoms with Crippen LogP contribution in [0.3, 0.4) is 0 Å². The van der Waals surface area contributed by atoms with Crippen LogP contribution in [0.4, 0.5) is 11.4 Å². The van der Waals surface area contributed by atoms with Gasteiger partial charge in [0.2, 0.25) is 6.04 Å². The molecule has 1 unspecified atom stereocenters. The van der Waals surface area contributed by atoms with Gasteiger partial charge in [0.15, 0.2) is 5.71 Å². The average Bonchev–Trinajstić information content (AvgIpc) is 3.81. The molecule has 2 heterocycles. The summed E-state index contributed by atoms with van der Waals surface area (Å²) in [5.74, 6) is -2.35. The van der Waals surface area contributed by atoms with Crippen molar-refractivity contribution in [2.24, 2.45) is 15.3 Å². The number of aliphatic carboxylic acids is 1. The minimum Gasteiger partial charge on any atom is -0.477 e. The molecule has 0 saturated heterocycles. The normalized spacial score (nSPS) is 13.8. The molecule has 1 amide bonds. The summed E-state index contributed by atoms with van der Waals surface area (Å²) in [6, 6.07) is 12.3. The number of hydrogen-bond donors (Lipinski definition) is 12. The van der Waals surface area contributed by atoms with Gasteiger partial charge in [0.05, 0.1) is 66.1 Å². The number of aryl methyl sites for hydroxylation is 1. The van der Waals surface area contributed by atoms with Crippen molar-refractivity contribution in [2.75, 3.05) is 83.9 Å². The third-order valence-electron chi connectivity index (χ3n) is 7.61. The summed E-state index contributed by atoms with van der Waals surface area (Å²) in [6.07, 6.45) is 0. The van der Waals surface area contributed by atoms with Gasteiger partial charge >= 0.3 is 5.97 Å². The van der Waals surface area contributed by atoms with Crippen molar-refractivity contribution < 1.29 is 71.3 Å². The number of carboxylic acids is 1. The maximum atomic E-state index is 12.9. The highest BCUT2D eigenvalue weighted by molar-refractivity contribution is 7.86. The second-order valence-corrected chi connectivity index (χ2v) is 16.0. The van der Waals surface area contributed by atoms with Crippen molar-refractivity contribution in [3.8, 4) is 10.6 Å². The number of carbonyl (C=O) groups excluding carboxylic acids is 1. The highest BCUT2D eigenvalue weighted by Gasteiger charge is 2.41. The van der Waals surface area contributed by atoms with Gasteiger partial charge in [-0.3, -0.25) is 13.9 Å². The van der Waals surface area contributed by atoms with Crippen molar-refractivity contribution in [3.05, 3.63) is 66.2 Å². The number of aliphatic hydroxyl groups excluding tert-OH is 6. The molecule has 3 aromatic carbocycles. The van der Waals surface area contributed by atoms with E-state index in [9.17, 15) is 36.1 Å². The molecule has 1 aromatic heterocycles. The van der Waals surface area contributed by atoms with Gasteiger partial charge in [-0.25, -0.2) is 9.78 Å². The van der Waals surface area contributed by atoms with Gasteiger partial charge in [-0.1, -0.05) is 6.07 Å². The quantitative estimate of drug-likeness (QED) is 0.0317. The van der Waals surface area contributed by atoms with Crippen LogP contribution >= 0.6 is 11.3 Å². The standard InChI is InChI=1S/C24H17N5O9S3.3C4H11NO2/c1-12-2-11-17-20(21(12)41(36,37)38)39-22(25-17)13-3-5-14(6-4-13)26-27-18-19(24(31)32)28-29(23(18)30)15-7-9-16(10-8-15)40(33,34)35;3*6-3-1-5-2-4-7/h2-11,18H,1H3,(H,31,32)(H,33,34,35)(H,36,37,38);3*5-7H,1-4H2. The Morgan fingerprint density at radius 1 is 0.726 bits per heavy atom. The number of thiazole rings is 1. The number of fused-ring (bicyclic) bond motifs is 1. The van der Waals surface area contributed by atoms with Crippen LogP contribution < -0.4 is 21.0 Å². The lowest BCUT2D eigenvalue weighted by Gasteiger charge is -2.12. The fourth-order valence-corrected chi connectivity index (χ4v) is 7.61. The first-order valence-electron chi connectivity index (χ1n) is 18.4. The second-order valence-electron chi connectivity index (χ2n) is 12.2. The molecule has 26 heteroatoms. The molecule has 0 saturated carbocycles. The molecule has 0 bridgehead atoms. The smallest absolute Gasteiger partial charge is 0.355 e. The molecule has 0 fully saturated rings. The average molecular weight is 931 g/mol. The Hall–Kier alpha value is -4.78. The van der Waals surface area contributed by atoms with Crippen LogP contribution in [0.1, 0.15) is 5.56 Å². The van der Waals surface area contributed by atoms with Crippen LogP contribution in [-0.2, 0) is 29.8 Å². The Bertz CT molecular complexity index is 2260. The van der Waals surface area contributed by atoms with E-state index in [0.717, 1.165) is 28.5 Å². The van der Waals surface area contributed by atoms with Crippen LogP contribution in [0.15, 0.2) is 85.8 Å². The number of carboxylic acid groups (broad SMARTS) is 1. The lowest BCUT2D eigenvalue weighted by molar-refractivity contribution is -0.130. The van der Waals surface area contributed by atoms with Gasteiger partial charge in [0.25, 0.3) is 26.1 Å².